The quantitative estimate of drug-likeness (QED) is 0.593. The van der Waals surface area contributed by atoms with Crippen LogP contribution in [0.4, 0.5) is 16.2 Å². The first-order chi connectivity index (χ1) is 11.0. The van der Waals surface area contributed by atoms with Gasteiger partial charge in [0.25, 0.3) is 0 Å². The number of rotatable bonds is 2. The molecule has 0 aliphatic heterocycles. The van der Waals surface area contributed by atoms with Crippen molar-refractivity contribution in [2.45, 2.75) is 13.8 Å². The van der Waals surface area contributed by atoms with Crippen LogP contribution in [-0.2, 0) is 0 Å². The molecule has 0 aliphatic rings. The minimum Gasteiger partial charge on any atom is -0.493 e. The smallest absolute Gasteiger partial charge is 0.364 e. The monoisotopic (exact) mass is 308 g/mol. The van der Waals surface area contributed by atoms with Gasteiger partial charge in [-0.3, -0.25) is 0 Å². The Hall–Kier alpha value is -3.15. The highest BCUT2D eigenvalue weighted by Gasteiger charge is 2.10. The lowest BCUT2D eigenvalue weighted by atomic mass is 10.1. The molecule has 6 nitrogen and oxygen atoms in total. The number of aromatic amines is 1. The van der Waals surface area contributed by atoms with Crippen LogP contribution in [0.5, 0.6) is 5.88 Å². The third-order valence-corrected chi connectivity index (χ3v) is 3.52. The summed E-state index contributed by atoms with van der Waals surface area (Å²) >= 11 is 0. The predicted octanol–water partition coefficient (Wildman–Crippen LogP) is 4.81. The molecule has 3 N–H and O–H groups in total. The maximum Gasteiger partial charge on any atom is 0.364 e. The SMILES string of the molecule is Cc1ccc(NC(=O)N=Nc2c(O)[nH]c3ccccc23)c(C)c1. The van der Waals surface area contributed by atoms with E-state index >= 15 is 0 Å². The summed E-state index contributed by atoms with van der Waals surface area (Å²) in [5.74, 6) is -0.116. The number of H-pyrrole nitrogens is 1. The van der Waals surface area contributed by atoms with Gasteiger partial charge >= 0.3 is 6.03 Å². The average Bonchev–Trinajstić information content (AvgIpc) is 2.83. The van der Waals surface area contributed by atoms with Crippen molar-refractivity contribution in [3.8, 4) is 5.88 Å². The molecule has 0 unspecified atom stereocenters. The van der Waals surface area contributed by atoms with E-state index in [1.54, 1.807) is 6.07 Å². The van der Waals surface area contributed by atoms with Crippen LogP contribution in [0.15, 0.2) is 52.7 Å². The van der Waals surface area contributed by atoms with Gasteiger partial charge in [-0.15, -0.1) is 5.11 Å². The van der Waals surface area contributed by atoms with Gasteiger partial charge in [0, 0.05) is 11.1 Å². The summed E-state index contributed by atoms with van der Waals surface area (Å²) < 4.78 is 0. The Labute approximate surface area is 132 Å². The number of aromatic nitrogens is 1. The first-order valence-electron chi connectivity index (χ1n) is 7.14. The largest absolute Gasteiger partial charge is 0.493 e. The lowest BCUT2D eigenvalue weighted by Gasteiger charge is -2.05. The van der Waals surface area contributed by atoms with Gasteiger partial charge in [-0.2, -0.15) is 0 Å². The van der Waals surface area contributed by atoms with Crippen molar-refractivity contribution in [2.24, 2.45) is 10.2 Å². The summed E-state index contributed by atoms with van der Waals surface area (Å²) in [6, 6.07) is 12.4. The topological polar surface area (TPSA) is 89.8 Å². The molecule has 6 heteroatoms. The van der Waals surface area contributed by atoms with E-state index in [-0.39, 0.29) is 11.6 Å². The number of hydrogen-bond donors (Lipinski definition) is 3. The Balaban J connectivity index is 1.81. The van der Waals surface area contributed by atoms with E-state index in [1.165, 1.54) is 0 Å². The van der Waals surface area contributed by atoms with Crippen molar-refractivity contribution < 1.29 is 9.90 Å². The summed E-state index contributed by atoms with van der Waals surface area (Å²) in [6.07, 6.45) is 0. The zero-order valence-electron chi connectivity index (χ0n) is 12.8. The van der Waals surface area contributed by atoms with Gasteiger partial charge < -0.3 is 15.4 Å². The lowest BCUT2D eigenvalue weighted by Crippen LogP contribution is -2.06. The molecule has 1 aromatic heterocycles. The molecule has 1 heterocycles. The highest BCUT2D eigenvalue weighted by molar-refractivity contribution is 5.95. The predicted molar refractivity (Wildman–Crippen MR) is 89.4 cm³/mol. The molecule has 0 saturated heterocycles. The van der Waals surface area contributed by atoms with Gasteiger partial charge in [-0.25, -0.2) is 4.79 Å². The maximum absolute atomic E-state index is 11.9. The number of para-hydroxylation sites is 1. The number of carbonyl (C=O) groups is 1. The van der Waals surface area contributed by atoms with Crippen molar-refractivity contribution in [1.29, 1.82) is 0 Å². The van der Waals surface area contributed by atoms with Crippen LogP contribution in [-0.4, -0.2) is 16.1 Å². The first-order valence-corrected chi connectivity index (χ1v) is 7.14. The molecule has 3 rings (SSSR count). The van der Waals surface area contributed by atoms with Gasteiger partial charge in [-0.05, 0) is 31.5 Å². The van der Waals surface area contributed by atoms with Crippen LogP contribution >= 0.6 is 0 Å². The number of nitrogens with one attached hydrogen (secondary N) is 2. The van der Waals surface area contributed by atoms with Gasteiger partial charge in [0.2, 0.25) is 5.88 Å². The van der Waals surface area contributed by atoms with Crippen molar-refractivity contribution in [2.75, 3.05) is 5.32 Å². The lowest BCUT2D eigenvalue weighted by molar-refractivity contribution is 0.258. The number of urea groups is 1. The fourth-order valence-corrected chi connectivity index (χ4v) is 2.40. The Morgan fingerprint density at radius 2 is 1.96 bits per heavy atom. The van der Waals surface area contributed by atoms with E-state index in [9.17, 15) is 9.90 Å². The first kappa shape index (κ1) is 14.8. The third kappa shape index (κ3) is 3.06. The number of amides is 2. The van der Waals surface area contributed by atoms with E-state index in [2.05, 4.69) is 20.5 Å². The van der Waals surface area contributed by atoms with Crippen LogP contribution in [0, 0.1) is 13.8 Å². The van der Waals surface area contributed by atoms with Crippen LogP contribution < -0.4 is 5.32 Å². The van der Waals surface area contributed by atoms with E-state index in [0.29, 0.717) is 11.1 Å². The molecule has 0 spiro atoms. The second kappa shape index (κ2) is 5.92. The average molecular weight is 308 g/mol. The minimum absolute atomic E-state index is 0.116. The molecule has 2 aromatic carbocycles. The molecule has 2 amide bonds. The van der Waals surface area contributed by atoms with E-state index < -0.39 is 6.03 Å². The summed E-state index contributed by atoms with van der Waals surface area (Å²) in [7, 11) is 0. The highest BCUT2D eigenvalue weighted by atomic mass is 16.3. The Morgan fingerprint density at radius 1 is 1.17 bits per heavy atom. The number of benzene rings is 2. The van der Waals surface area contributed by atoms with Crippen LogP contribution in [0.25, 0.3) is 10.9 Å². The number of azo groups is 1. The van der Waals surface area contributed by atoms with Crippen LogP contribution in [0.3, 0.4) is 0 Å². The van der Waals surface area contributed by atoms with Gasteiger partial charge in [0.1, 0.15) is 0 Å². The minimum atomic E-state index is -0.596. The fourth-order valence-electron chi connectivity index (χ4n) is 2.40. The summed E-state index contributed by atoms with van der Waals surface area (Å²) in [5, 5.41) is 20.7. The van der Waals surface area contributed by atoms with Gasteiger partial charge in [0.05, 0.1) is 5.52 Å². The highest BCUT2D eigenvalue weighted by Crippen LogP contribution is 2.35. The molecular formula is C17H16N4O2. The standard InChI is InChI=1S/C17H16N4O2/c1-10-7-8-13(11(2)9-10)19-17(23)21-20-15-12-5-3-4-6-14(12)18-16(15)22/h3-9,18,22H,1-2H3,(H,19,23). The Kier molecular flexibility index (Phi) is 3.80. The van der Waals surface area contributed by atoms with Crippen molar-refractivity contribution in [1.82, 2.24) is 4.98 Å². The van der Waals surface area contributed by atoms with E-state index in [4.69, 9.17) is 0 Å². The van der Waals surface area contributed by atoms with Gasteiger partial charge in [0.15, 0.2) is 5.69 Å². The number of hydrogen-bond acceptors (Lipinski definition) is 3. The number of anilines is 1. The van der Waals surface area contributed by atoms with Crippen molar-refractivity contribution >= 4 is 28.3 Å². The van der Waals surface area contributed by atoms with E-state index in [0.717, 1.165) is 16.6 Å². The Bertz CT molecular complexity index is 912. The number of aryl methyl sites for hydroxylation is 2. The van der Waals surface area contributed by atoms with Crippen LogP contribution in [0.2, 0.25) is 0 Å². The zero-order valence-corrected chi connectivity index (χ0v) is 12.8. The number of carbonyl (C=O) groups excluding carboxylic acids is 1. The second-order valence-electron chi connectivity index (χ2n) is 5.32. The number of aromatic hydroxyl groups is 1. The molecule has 0 bridgehead atoms. The molecule has 0 atom stereocenters. The molecule has 3 aromatic rings. The molecule has 0 fully saturated rings. The van der Waals surface area contributed by atoms with Crippen LogP contribution in [0.1, 0.15) is 11.1 Å². The summed E-state index contributed by atoms with van der Waals surface area (Å²) in [4.78, 5) is 14.7. The maximum atomic E-state index is 11.9. The Morgan fingerprint density at radius 3 is 2.74 bits per heavy atom. The molecular weight excluding hydrogens is 292 g/mol. The third-order valence-electron chi connectivity index (χ3n) is 3.52. The second-order valence-corrected chi connectivity index (χ2v) is 5.32. The fraction of sp³-hybridized carbons (Fsp3) is 0.118. The van der Waals surface area contributed by atoms with E-state index in [1.807, 2.05) is 50.2 Å². The van der Waals surface area contributed by atoms with Gasteiger partial charge in [-0.1, -0.05) is 41.0 Å². The summed E-state index contributed by atoms with van der Waals surface area (Å²) in [5.41, 5.74) is 3.72. The molecule has 0 saturated carbocycles. The molecule has 0 aliphatic carbocycles. The number of nitrogens with zero attached hydrogens (tertiary/aromatic N) is 2. The summed E-state index contributed by atoms with van der Waals surface area (Å²) in [6.45, 7) is 3.89. The zero-order chi connectivity index (χ0) is 16.4. The molecule has 0 radical (unpaired) electrons. The number of fused-ring (bicyclic) bond motifs is 1. The van der Waals surface area contributed by atoms with Crippen molar-refractivity contribution in [3.63, 3.8) is 0 Å². The van der Waals surface area contributed by atoms with Crippen molar-refractivity contribution in [3.05, 3.63) is 53.6 Å². The normalized spacial score (nSPS) is 11.2. The molecule has 116 valence electrons. The molecule has 23 heavy (non-hydrogen) atoms.